The number of likely N-dealkylation sites (tertiary alicyclic amines) is 1. The van der Waals surface area contributed by atoms with Crippen LogP contribution in [0.15, 0.2) is 57.3 Å². The summed E-state index contributed by atoms with van der Waals surface area (Å²) < 4.78 is 26.7. The summed E-state index contributed by atoms with van der Waals surface area (Å²) in [6, 6.07) is 0.276. The van der Waals surface area contributed by atoms with Crippen molar-refractivity contribution in [2.45, 2.75) is 52.2 Å². The number of nitrogens with one attached hydrogen (secondary N) is 1. The van der Waals surface area contributed by atoms with Crippen LogP contribution in [0.25, 0.3) is 0 Å². The molecule has 2 aliphatic rings. The van der Waals surface area contributed by atoms with Gasteiger partial charge in [-0.05, 0) is 45.8 Å². The van der Waals surface area contributed by atoms with Crippen LogP contribution in [0.1, 0.15) is 40.0 Å². The van der Waals surface area contributed by atoms with E-state index in [2.05, 4.69) is 27.0 Å². The number of alkyl halides is 1. The molecule has 0 aromatic heterocycles. The lowest BCUT2D eigenvalue weighted by Gasteiger charge is -2.28. The molecule has 0 amide bonds. The Hall–Kier alpha value is -2.24. The molecular formula is C19H26F2N4. The highest BCUT2D eigenvalue weighted by molar-refractivity contribution is 5.79. The summed E-state index contributed by atoms with van der Waals surface area (Å²) in [6.07, 6.45) is 6.71. The first kappa shape index (κ1) is 19.1. The predicted molar refractivity (Wildman–Crippen MR) is 99.8 cm³/mol. The van der Waals surface area contributed by atoms with E-state index < -0.39 is 12.0 Å². The molecule has 2 unspecified atom stereocenters. The first-order valence-electron chi connectivity index (χ1n) is 8.55. The van der Waals surface area contributed by atoms with Crippen LogP contribution in [0.5, 0.6) is 0 Å². The lowest BCUT2D eigenvalue weighted by molar-refractivity contribution is 0.350. The smallest absolute Gasteiger partial charge is 0.133 e. The molecule has 1 aliphatic heterocycles. The van der Waals surface area contributed by atoms with Gasteiger partial charge in [-0.25, -0.2) is 13.8 Å². The molecule has 6 heteroatoms. The Morgan fingerprint density at radius 2 is 2.20 bits per heavy atom. The normalized spacial score (nSPS) is 25.2. The Bertz CT molecular complexity index is 658. The Morgan fingerprint density at radius 3 is 2.84 bits per heavy atom. The quantitative estimate of drug-likeness (QED) is 0.439. The van der Waals surface area contributed by atoms with Crippen molar-refractivity contribution in [1.29, 1.82) is 0 Å². The Morgan fingerprint density at radius 1 is 1.44 bits per heavy atom. The topological polar surface area (TPSA) is 40.0 Å². The summed E-state index contributed by atoms with van der Waals surface area (Å²) in [4.78, 5) is 6.73. The summed E-state index contributed by atoms with van der Waals surface area (Å²) >= 11 is 0. The van der Waals surface area contributed by atoms with Gasteiger partial charge in [-0.3, -0.25) is 5.43 Å². The van der Waals surface area contributed by atoms with Crippen LogP contribution >= 0.6 is 0 Å². The van der Waals surface area contributed by atoms with E-state index in [9.17, 15) is 8.78 Å². The zero-order valence-electron chi connectivity index (χ0n) is 15.1. The largest absolute Gasteiger partial charge is 0.350 e. The molecule has 136 valence electrons. The maximum atomic E-state index is 13.7. The minimum absolute atomic E-state index is 0.194. The van der Waals surface area contributed by atoms with Gasteiger partial charge in [0.1, 0.15) is 17.8 Å². The fourth-order valence-electron chi connectivity index (χ4n) is 3.05. The van der Waals surface area contributed by atoms with Crippen LogP contribution in [0.3, 0.4) is 0 Å². The van der Waals surface area contributed by atoms with Gasteiger partial charge in [-0.2, -0.15) is 5.10 Å². The molecule has 0 saturated carbocycles. The van der Waals surface area contributed by atoms with Gasteiger partial charge in [-0.15, -0.1) is 0 Å². The van der Waals surface area contributed by atoms with Gasteiger partial charge in [-0.1, -0.05) is 12.2 Å². The SMILES string of the molecule is C=C(C)C1CCCN1/C(N=CC)=C(C)\C=N/NC1=C(F)CC(F)C=C1. The lowest BCUT2D eigenvalue weighted by Crippen LogP contribution is -2.29. The molecule has 2 rings (SSSR count). The molecule has 1 saturated heterocycles. The van der Waals surface area contributed by atoms with Gasteiger partial charge in [0, 0.05) is 24.8 Å². The van der Waals surface area contributed by atoms with Gasteiger partial charge in [0.2, 0.25) is 0 Å². The summed E-state index contributed by atoms with van der Waals surface area (Å²) in [5.41, 5.74) is 4.82. The molecule has 0 aromatic rings. The van der Waals surface area contributed by atoms with Crippen molar-refractivity contribution < 1.29 is 8.78 Å². The fraction of sp³-hybridized carbons (Fsp3) is 0.474. The van der Waals surface area contributed by atoms with Crippen molar-refractivity contribution in [3.63, 3.8) is 0 Å². The average Bonchev–Trinajstić information content (AvgIpc) is 3.04. The highest BCUT2D eigenvalue weighted by Crippen LogP contribution is 2.28. The number of hydrazone groups is 1. The molecular weight excluding hydrogens is 322 g/mol. The standard InChI is InChI=1S/C19H26F2N4/c1-5-22-19(25-10-6-7-18(25)13(2)3)14(4)12-23-24-17-9-8-15(20)11-16(17)21/h5,8-9,12,15,18,24H,2,6-7,10-11H2,1,3-4H3/b19-14-,22-5?,23-12-. The van der Waals surface area contributed by atoms with Gasteiger partial charge < -0.3 is 4.90 Å². The van der Waals surface area contributed by atoms with Crippen LogP contribution in [-0.2, 0) is 0 Å². The highest BCUT2D eigenvalue weighted by Gasteiger charge is 2.27. The first-order chi connectivity index (χ1) is 11.9. The van der Waals surface area contributed by atoms with Crippen LogP contribution in [-0.4, -0.2) is 36.1 Å². The van der Waals surface area contributed by atoms with E-state index in [1.165, 1.54) is 12.2 Å². The van der Waals surface area contributed by atoms with E-state index in [0.717, 1.165) is 36.4 Å². The Kier molecular flexibility index (Phi) is 6.67. The molecule has 4 nitrogen and oxygen atoms in total. The third kappa shape index (κ3) is 4.87. The van der Waals surface area contributed by atoms with E-state index in [-0.39, 0.29) is 18.2 Å². The second-order valence-electron chi connectivity index (χ2n) is 6.36. The van der Waals surface area contributed by atoms with Gasteiger partial charge in [0.15, 0.2) is 0 Å². The molecule has 2 atom stereocenters. The van der Waals surface area contributed by atoms with Gasteiger partial charge >= 0.3 is 0 Å². The number of nitrogens with zero attached hydrogens (tertiary/aromatic N) is 3. The van der Waals surface area contributed by atoms with Crippen molar-refractivity contribution in [1.82, 2.24) is 10.3 Å². The number of halogens is 2. The van der Waals surface area contributed by atoms with Gasteiger partial charge in [0.25, 0.3) is 0 Å². The summed E-state index contributed by atoms with van der Waals surface area (Å²) in [7, 11) is 0. The summed E-state index contributed by atoms with van der Waals surface area (Å²) in [5.74, 6) is 0.318. The molecule has 1 N–H and O–H groups in total. The van der Waals surface area contributed by atoms with Crippen LogP contribution in [0, 0.1) is 0 Å². The number of hydrogen-bond acceptors (Lipinski definition) is 4. The second kappa shape index (κ2) is 8.74. The fourth-order valence-corrected chi connectivity index (χ4v) is 3.05. The highest BCUT2D eigenvalue weighted by atomic mass is 19.1. The number of hydrogen-bond donors (Lipinski definition) is 1. The Balaban J connectivity index is 2.15. The van der Waals surface area contributed by atoms with Crippen molar-refractivity contribution >= 4 is 12.4 Å². The van der Waals surface area contributed by atoms with Crippen LogP contribution < -0.4 is 5.43 Å². The minimum Gasteiger partial charge on any atom is -0.350 e. The second-order valence-corrected chi connectivity index (χ2v) is 6.36. The molecule has 1 heterocycles. The van der Waals surface area contributed by atoms with E-state index in [1.807, 2.05) is 20.8 Å². The maximum Gasteiger partial charge on any atom is 0.133 e. The third-order valence-corrected chi connectivity index (χ3v) is 4.28. The number of aliphatic imine (C=N–C) groups is 1. The molecule has 25 heavy (non-hydrogen) atoms. The zero-order valence-corrected chi connectivity index (χ0v) is 15.1. The Labute approximate surface area is 148 Å². The minimum atomic E-state index is -1.27. The number of allylic oxidation sites excluding steroid dienone is 4. The summed E-state index contributed by atoms with van der Waals surface area (Å²) in [6.45, 7) is 10.8. The van der Waals surface area contributed by atoms with E-state index in [4.69, 9.17) is 0 Å². The molecule has 0 spiro atoms. The average molecular weight is 348 g/mol. The first-order valence-corrected chi connectivity index (χ1v) is 8.55. The molecule has 1 fully saturated rings. The van der Waals surface area contributed by atoms with Crippen molar-refractivity contribution in [3.8, 4) is 0 Å². The monoisotopic (exact) mass is 348 g/mol. The van der Waals surface area contributed by atoms with Crippen LogP contribution in [0.2, 0.25) is 0 Å². The summed E-state index contributed by atoms with van der Waals surface area (Å²) in [5, 5.41) is 4.09. The third-order valence-electron chi connectivity index (χ3n) is 4.28. The van der Waals surface area contributed by atoms with Crippen LogP contribution in [0.4, 0.5) is 8.78 Å². The van der Waals surface area contributed by atoms with Crippen molar-refractivity contribution in [2.24, 2.45) is 10.1 Å². The van der Waals surface area contributed by atoms with Gasteiger partial charge in [0.05, 0.1) is 18.0 Å². The zero-order chi connectivity index (χ0) is 18.4. The number of rotatable bonds is 6. The van der Waals surface area contributed by atoms with Crippen molar-refractivity contribution in [3.05, 3.63) is 47.2 Å². The van der Waals surface area contributed by atoms with E-state index in [0.29, 0.717) is 0 Å². The molecule has 1 aliphatic carbocycles. The van der Waals surface area contributed by atoms with Crippen molar-refractivity contribution in [2.75, 3.05) is 6.54 Å². The van der Waals surface area contributed by atoms with E-state index >= 15 is 0 Å². The molecule has 0 bridgehead atoms. The molecule has 0 radical (unpaired) electrons. The lowest BCUT2D eigenvalue weighted by atomic mass is 10.1. The molecule has 0 aromatic carbocycles. The maximum absolute atomic E-state index is 13.7. The predicted octanol–water partition coefficient (Wildman–Crippen LogP) is 4.40. The van der Waals surface area contributed by atoms with E-state index in [1.54, 1.807) is 12.4 Å².